The Morgan fingerprint density at radius 2 is 1.92 bits per heavy atom. The molecule has 0 aliphatic heterocycles. The number of hydrogen-bond acceptors (Lipinski definition) is 4. The monoisotopic (exact) mass is 354 g/mol. The van der Waals surface area contributed by atoms with E-state index in [1.165, 1.54) is 4.88 Å². The number of hydrogen-bond donors (Lipinski definition) is 2. The standard InChI is InChI=1S/C19H22N4OS/c1-12-17(25-11-21-12)5-4-10-20-19(24)16-8-6-15(7-9-16)18-13(2)22-23-14(18)3/h6-9,11H,4-5,10H2,1-3H3,(H,20,24)(H,22,23). The lowest BCUT2D eigenvalue weighted by Gasteiger charge is -2.07. The van der Waals surface area contributed by atoms with Gasteiger partial charge in [0.2, 0.25) is 0 Å². The molecule has 2 N–H and O–H groups in total. The van der Waals surface area contributed by atoms with Crippen molar-refractivity contribution in [3.05, 3.63) is 57.3 Å². The van der Waals surface area contributed by atoms with Gasteiger partial charge in [-0.25, -0.2) is 4.98 Å². The summed E-state index contributed by atoms with van der Waals surface area (Å²) in [6, 6.07) is 7.68. The van der Waals surface area contributed by atoms with E-state index >= 15 is 0 Å². The summed E-state index contributed by atoms with van der Waals surface area (Å²) in [4.78, 5) is 17.8. The highest BCUT2D eigenvalue weighted by atomic mass is 32.1. The van der Waals surface area contributed by atoms with Crippen LogP contribution in [0.15, 0.2) is 29.8 Å². The van der Waals surface area contributed by atoms with Crippen molar-refractivity contribution in [2.45, 2.75) is 33.6 Å². The molecule has 0 fully saturated rings. The maximum atomic E-state index is 12.3. The minimum atomic E-state index is -0.0341. The molecule has 0 spiro atoms. The Morgan fingerprint density at radius 3 is 2.52 bits per heavy atom. The Balaban J connectivity index is 1.55. The van der Waals surface area contributed by atoms with Gasteiger partial charge in [-0.3, -0.25) is 9.89 Å². The molecule has 25 heavy (non-hydrogen) atoms. The zero-order chi connectivity index (χ0) is 17.8. The number of nitrogens with zero attached hydrogens (tertiary/aromatic N) is 2. The van der Waals surface area contributed by atoms with E-state index in [0.717, 1.165) is 41.1 Å². The zero-order valence-corrected chi connectivity index (χ0v) is 15.5. The second kappa shape index (κ2) is 7.61. The van der Waals surface area contributed by atoms with E-state index in [0.29, 0.717) is 12.1 Å². The third kappa shape index (κ3) is 3.96. The predicted octanol–water partition coefficient (Wildman–Crippen LogP) is 3.82. The van der Waals surface area contributed by atoms with Crippen molar-refractivity contribution in [2.75, 3.05) is 6.54 Å². The molecule has 0 atom stereocenters. The Hall–Kier alpha value is -2.47. The Bertz CT molecular complexity index is 844. The molecule has 3 aromatic rings. The molecule has 0 aliphatic rings. The number of amides is 1. The molecule has 2 aromatic heterocycles. The molecule has 6 heteroatoms. The topological polar surface area (TPSA) is 70.7 Å². The summed E-state index contributed by atoms with van der Waals surface area (Å²) in [6.07, 6.45) is 1.87. The second-order valence-corrected chi connectivity index (χ2v) is 7.05. The van der Waals surface area contributed by atoms with Crippen LogP contribution in [0.3, 0.4) is 0 Å². The predicted molar refractivity (Wildman–Crippen MR) is 101 cm³/mol. The van der Waals surface area contributed by atoms with Gasteiger partial charge in [0.15, 0.2) is 0 Å². The summed E-state index contributed by atoms with van der Waals surface area (Å²) in [7, 11) is 0. The van der Waals surface area contributed by atoms with Crippen LogP contribution in [-0.4, -0.2) is 27.6 Å². The molecular formula is C19H22N4OS. The number of aromatic amines is 1. The van der Waals surface area contributed by atoms with E-state index in [2.05, 4.69) is 20.5 Å². The maximum Gasteiger partial charge on any atom is 0.251 e. The lowest BCUT2D eigenvalue weighted by atomic mass is 10.0. The third-order valence-corrected chi connectivity index (χ3v) is 5.27. The number of carbonyl (C=O) groups is 1. The first-order chi connectivity index (χ1) is 12.1. The number of carbonyl (C=O) groups excluding carboxylic acids is 1. The average Bonchev–Trinajstić information content (AvgIpc) is 3.17. The molecule has 0 radical (unpaired) electrons. The van der Waals surface area contributed by atoms with Crippen LogP contribution in [0.4, 0.5) is 0 Å². The van der Waals surface area contributed by atoms with Crippen LogP contribution in [0.5, 0.6) is 0 Å². The number of rotatable bonds is 6. The highest BCUT2D eigenvalue weighted by Crippen LogP contribution is 2.25. The fraction of sp³-hybridized carbons (Fsp3) is 0.316. The first-order valence-corrected chi connectivity index (χ1v) is 9.23. The van der Waals surface area contributed by atoms with E-state index in [1.54, 1.807) is 11.3 Å². The quantitative estimate of drug-likeness (QED) is 0.661. The summed E-state index contributed by atoms with van der Waals surface area (Å²) in [5, 5.41) is 10.2. The highest BCUT2D eigenvalue weighted by molar-refractivity contribution is 7.09. The number of aromatic nitrogens is 3. The van der Waals surface area contributed by atoms with Crippen molar-refractivity contribution in [1.29, 1.82) is 0 Å². The fourth-order valence-corrected chi connectivity index (χ4v) is 3.71. The number of aryl methyl sites for hydroxylation is 4. The summed E-state index contributed by atoms with van der Waals surface area (Å²) in [5.74, 6) is -0.0341. The molecule has 0 bridgehead atoms. The van der Waals surface area contributed by atoms with Crippen molar-refractivity contribution < 1.29 is 4.79 Å². The molecule has 2 heterocycles. The van der Waals surface area contributed by atoms with Crippen LogP contribution in [0.25, 0.3) is 11.1 Å². The van der Waals surface area contributed by atoms with Gasteiger partial charge in [-0.2, -0.15) is 5.10 Å². The Morgan fingerprint density at radius 1 is 1.16 bits per heavy atom. The van der Waals surface area contributed by atoms with Crippen LogP contribution in [-0.2, 0) is 6.42 Å². The van der Waals surface area contributed by atoms with E-state index in [9.17, 15) is 4.79 Å². The van der Waals surface area contributed by atoms with Gasteiger partial charge in [-0.1, -0.05) is 12.1 Å². The smallest absolute Gasteiger partial charge is 0.251 e. The minimum absolute atomic E-state index is 0.0341. The van der Waals surface area contributed by atoms with Gasteiger partial charge in [-0.15, -0.1) is 11.3 Å². The van der Waals surface area contributed by atoms with E-state index < -0.39 is 0 Å². The molecule has 0 unspecified atom stereocenters. The largest absolute Gasteiger partial charge is 0.352 e. The average molecular weight is 354 g/mol. The summed E-state index contributed by atoms with van der Waals surface area (Å²) in [5.41, 5.74) is 7.82. The maximum absolute atomic E-state index is 12.3. The van der Waals surface area contributed by atoms with Crippen molar-refractivity contribution in [3.63, 3.8) is 0 Å². The lowest BCUT2D eigenvalue weighted by molar-refractivity contribution is 0.0953. The highest BCUT2D eigenvalue weighted by Gasteiger charge is 2.10. The van der Waals surface area contributed by atoms with Crippen molar-refractivity contribution in [3.8, 4) is 11.1 Å². The first-order valence-electron chi connectivity index (χ1n) is 8.35. The Labute approximate surface area is 151 Å². The van der Waals surface area contributed by atoms with Gasteiger partial charge in [0.25, 0.3) is 5.91 Å². The summed E-state index contributed by atoms with van der Waals surface area (Å²) in [6.45, 7) is 6.67. The number of benzene rings is 1. The molecule has 3 rings (SSSR count). The molecule has 130 valence electrons. The second-order valence-electron chi connectivity index (χ2n) is 6.11. The molecule has 0 saturated carbocycles. The van der Waals surface area contributed by atoms with E-state index in [1.807, 2.05) is 50.5 Å². The molecule has 1 aromatic carbocycles. The van der Waals surface area contributed by atoms with E-state index in [4.69, 9.17) is 0 Å². The van der Waals surface area contributed by atoms with Crippen LogP contribution in [0.1, 0.15) is 38.7 Å². The van der Waals surface area contributed by atoms with Crippen molar-refractivity contribution in [2.24, 2.45) is 0 Å². The van der Waals surface area contributed by atoms with Gasteiger partial charge >= 0.3 is 0 Å². The molecule has 0 aliphatic carbocycles. The first kappa shape index (κ1) is 17.4. The normalized spacial score (nSPS) is 10.8. The van der Waals surface area contributed by atoms with Crippen LogP contribution < -0.4 is 5.32 Å². The van der Waals surface area contributed by atoms with Crippen molar-refractivity contribution in [1.82, 2.24) is 20.5 Å². The third-order valence-electron chi connectivity index (χ3n) is 4.27. The molecule has 0 saturated heterocycles. The number of nitrogens with one attached hydrogen (secondary N) is 2. The molecule has 5 nitrogen and oxygen atoms in total. The molecule has 1 amide bonds. The number of thiazole rings is 1. The van der Waals surface area contributed by atoms with Crippen molar-refractivity contribution >= 4 is 17.2 Å². The summed E-state index contributed by atoms with van der Waals surface area (Å²) >= 11 is 1.68. The van der Waals surface area contributed by atoms with Gasteiger partial charge < -0.3 is 5.32 Å². The Kier molecular flexibility index (Phi) is 5.28. The minimum Gasteiger partial charge on any atom is -0.352 e. The van der Waals surface area contributed by atoms with Gasteiger partial charge in [-0.05, 0) is 51.3 Å². The van der Waals surface area contributed by atoms with Crippen LogP contribution in [0.2, 0.25) is 0 Å². The van der Waals surface area contributed by atoms with E-state index in [-0.39, 0.29) is 5.91 Å². The number of H-pyrrole nitrogens is 1. The summed E-state index contributed by atoms with van der Waals surface area (Å²) < 4.78 is 0. The fourth-order valence-electron chi connectivity index (χ4n) is 2.88. The van der Waals surface area contributed by atoms with Gasteiger partial charge in [0.1, 0.15) is 0 Å². The lowest BCUT2D eigenvalue weighted by Crippen LogP contribution is -2.24. The van der Waals surface area contributed by atoms with Gasteiger partial charge in [0, 0.05) is 28.2 Å². The SMILES string of the molecule is Cc1ncsc1CCCNC(=O)c1ccc(-c2c(C)n[nH]c2C)cc1. The van der Waals surface area contributed by atoms with Crippen LogP contribution >= 0.6 is 11.3 Å². The molecular weight excluding hydrogens is 332 g/mol. The van der Waals surface area contributed by atoms with Gasteiger partial charge in [0.05, 0.1) is 16.9 Å². The zero-order valence-electron chi connectivity index (χ0n) is 14.7. The van der Waals surface area contributed by atoms with Crippen LogP contribution in [0, 0.1) is 20.8 Å².